The highest BCUT2D eigenvalue weighted by atomic mass is 16.4. The van der Waals surface area contributed by atoms with E-state index >= 15 is 0 Å². The number of hydrogen-bond donors (Lipinski definition) is 2. The Hall–Kier alpha value is -3.69. The van der Waals surface area contributed by atoms with E-state index in [1.165, 1.54) is 0 Å². The third-order valence-corrected chi connectivity index (χ3v) is 5.59. The van der Waals surface area contributed by atoms with Gasteiger partial charge in [0.15, 0.2) is 0 Å². The minimum absolute atomic E-state index is 0.0295. The molecule has 4 aromatic carbocycles. The second kappa shape index (κ2) is 9.41. The number of aliphatic carboxylic acids is 1. The zero-order valence-corrected chi connectivity index (χ0v) is 17.2. The number of carboxylic acids is 1. The van der Waals surface area contributed by atoms with Crippen LogP contribution in [0, 0.1) is 0 Å². The smallest absolute Gasteiger partial charge is 0.305 e. The molecule has 0 aliphatic rings. The zero-order chi connectivity index (χ0) is 21.5. The van der Waals surface area contributed by atoms with Gasteiger partial charge in [-0.2, -0.15) is 0 Å². The Morgan fingerprint density at radius 1 is 0.645 bits per heavy atom. The lowest BCUT2D eigenvalue weighted by atomic mass is 9.76. The molecule has 0 radical (unpaired) electrons. The standard InChI is InChI=1S/C28H25NO2/c30-27(31)21-26(22-13-5-1-6-14-22)29-28(23-15-7-2-8-16-23,24-17-9-3-10-18-24)25-19-11-4-12-20-25/h1-20,26,29H,21H2,(H,30,31)/t26-/m1/s1. The van der Waals surface area contributed by atoms with E-state index in [-0.39, 0.29) is 12.5 Å². The lowest BCUT2D eigenvalue weighted by Crippen LogP contribution is -2.47. The molecule has 0 heterocycles. The summed E-state index contributed by atoms with van der Waals surface area (Å²) < 4.78 is 0. The molecule has 1 atom stereocenters. The molecule has 0 amide bonds. The number of nitrogens with one attached hydrogen (secondary N) is 1. The van der Waals surface area contributed by atoms with Crippen LogP contribution in [0.4, 0.5) is 0 Å². The lowest BCUT2D eigenvalue weighted by Gasteiger charge is -2.40. The maximum atomic E-state index is 11.8. The quantitative estimate of drug-likeness (QED) is 0.364. The van der Waals surface area contributed by atoms with E-state index in [0.29, 0.717) is 0 Å². The Morgan fingerprint density at radius 2 is 1.00 bits per heavy atom. The van der Waals surface area contributed by atoms with Gasteiger partial charge in [0.05, 0.1) is 12.0 Å². The summed E-state index contributed by atoms with van der Waals surface area (Å²) in [5.41, 5.74) is 3.38. The Kier molecular flexibility index (Phi) is 6.25. The van der Waals surface area contributed by atoms with Gasteiger partial charge >= 0.3 is 5.97 Å². The van der Waals surface area contributed by atoms with Gasteiger partial charge in [-0.15, -0.1) is 0 Å². The van der Waals surface area contributed by atoms with Crippen molar-refractivity contribution in [2.45, 2.75) is 18.0 Å². The maximum absolute atomic E-state index is 11.8. The van der Waals surface area contributed by atoms with Crippen LogP contribution in [0.15, 0.2) is 121 Å². The molecule has 0 aliphatic carbocycles. The van der Waals surface area contributed by atoms with E-state index < -0.39 is 11.5 Å². The molecule has 4 aromatic rings. The highest BCUT2D eigenvalue weighted by Gasteiger charge is 2.38. The normalized spacial score (nSPS) is 12.3. The lowest BCUT2D eigenvalue weighted by molar-refractivity contribution is -0.137. The van der Waals surface area contributed by atoms with E-state index in [1.54, 1.807) is 0 Å². The fraction of sp³-hybridized carbons (Fsp3) is 0.107. The van der Waals surface area contributed by atoms with Crippen LogP contribution in [0.3, 0.4) is 0 Å². The second-order valence-electron chi connectivity index (χ2n) is 7.55. The predicted octanol–water partition coefficient (Wildman–Crippen LogP) is 5.78. The van der Waals surface area contributed by atoms with Crippen molar-refractivity contribution in [1.82, 2.24) is 5.32 Å². The van der Waals surface area contributed by atoms with Crippen LogP contribution in [-0.2, 0) is 10.3 Å². The van der Waals surface area contributed by atoms with E-state index in [0.717, 1.165) is 22.3 Å². The van der Waals surface area contributed by atoms with Crippen LogP contribution in [0.25, 0.3) is 0 Å². The van der Waals surface area contributed by atoms with Gasteiger partial charge in [0.25, 0.3) is 0 Å². The van der Waals surface area contributed by atoms with Crippen LogP contribution in [0.2, 0.25) is 0 Å². The molecule has 0 unspecified atom stereocenters. The molecule has 0 spiro atoms. The number of carboxylic acid groups (broad SMARTS) is 1. The SMILES string of the molecule is O=C(O)C[C@@H](NC(c1ccccc1)(c1ccccc1)c1ccccc1)c1ccccc1. The molecule has 31 heavy (non-hydrogen) atoms. The van der Waals surface area contributed by atoms with E-state index in [1.807, 2.05) is 84.9 Å². The first-order valence-corrected chi connectivity index (χ1v) is 10.4. The van der Waals surface area contributed by atoms with Gasteiger partial charge in [-0.3, -0.25) is 10.1 Å². The molecule has 154 valence electrons. The number of hydrogen-bond acceptors (Lipinski definition) is 2. The highest BCUT2D eigenvalue weighted by Crippen LogP contribution is 2.39. The number of carbonyl (C=O) groups is 1. The van der Waals surface area contributed by atoms with Crippen molar-refractivity contribution >= 4 is 5.97 Å². The van der Waals surface area contributed by atoms with Crippen LogP contribution in [0.1, 0.15) is 34.7 Å². The summed E-state index contributed by atoms with van der Waals surface area (Å²) in [6.45, 7) is 0. The average Bonchev–Trinajstić information content (AvgIpc) is 2.84. The fourth-order valence-electron chi connectivity index (χ4n) is 4.19. The molecule has 0 saturated carbocycles. The third kappa shape index (κ3) is 4.42. The third-order valence-electron chi connectivity index (χ3n) is 5.59. The summed E-state index contributed by atoms with van der Waals surface area (Å²) in [6.07, 6.45) is -0.0295. The Labute approximate surface area is 183 Å². The van der Waals surface area contributed by atoms with Gasteiger partial charge in [0.1, 0.15) is 0 Å². The minimum atomic E-state index is -0.843. The number of rotatable bonds is 8. The second-order valence-corrected chi connectivity index (χ2v) is 7.55. The predicted molar refractivity (Wildman–Crippen MR) is 124 cm³/mol. The van der Waals surface area contributed by atoms with Gasteiger partial charge in [0.2, 0.25) is 0 Å². The number of benzene rings is 4. The van der Waals surface area contributed by atoms with Gasteiger partial charge < -0.3 is 5.11 Å². The first kappa shape index (κ1) is 20.6. The van der Waals surface area contributed by atoms with E-state index in [9.17, 15) is 9.90 Å². The van der Waals surface area contributed by atoms with Crippen molar-refractivity contribution in [3.63, 3.8) is 0 Å². The molecular formula is C28H25NO2. The Morgan fingerprint density at radius 3 is 1.35 bits per heavy atom. The monoisotopic (exact) mass is 407 g/mol. The van der Waals surface area contributed by atoms with Crippen LogP contribution in [0.5, 0.6) is 0 Å². The van der Waals surface area contributed by atoms with E-state index in [2.05, 4.69) is 41.7 Å². The molecule has 0 fully saturated rings. The Bertz CT molecular complexity index is 1000. The molecule has 0 bridgehead atoms. The molecule has 2 N–H and O–H groups in total. The van der Waals surface area contributed by atoms with Crippen molar-refractivity contribution in [3.05, 3.63) is 144 Å². The van der Waals surface area contributed by atoms with Gasteiger partial charge in [-0.1, -0.05) is 121 Å². The molecule has 4 rings (SSSR count). The zero-order valence-electron chi connectivity index (χ0n) is 17.2. The highest BCUT2D eigenvalue weighted by molar-refractivity contribution is 5.68. The van der Waals surface area contributed by atoms with Crippen LogP contribution < -0.4 is 5.32 Å². The first-order valence-electron chi connectivity index (χ1n) is 10.4. The molecule has 0 aliphatic heterocycles. The summed E-state index contributed by atoms with van der Waals surface area (Å²) in [6, 6.07) is 40.1. The topological polar surface area (TPSA) is 49.3 Å². The summed E-state index contributed by atoms with van der Waals surface area (Å²) in [5.74, 6) is -0.843. The minimum Gasteiger partial charge on any atom is -0.481 e. The summed E-state index contributed by atoms with van der Waals surface area (Å²) >= 11 is 0. The summed E-state index contributed by atoms with van der Waals surface area (Å²) in [5, 5.41) is 13.5. The van der Waals surface area contributed by atoms with Crippen molar-refractivity contribution < 1.29 is 9.90 Å². The van der Waals surface area contributed by atoms with Crippen molar-refractivity contribution in [1.29, 1.82) is 0 Å². The average molecular weight is 408 g/mol. The van der Waals surface area contributed by atoms with Crippen LogP contribution in [-0.4, -0.2) is 11.1 Å². The van der Waals surface area contributed by atoms with Gasteiger partial charge in [-0.05, 0) is 22.3 Å². The fourth-order valence-corrected chi connectivity index (χ4v) is 4.19. The largest absolute Gasteiger partial charge is 0.481 e. The maximum Gasteiger partial charge on any atom is 0.305 e. The summed E-state index contributed by atoms with van der Waals surface area (Å²) in [7, 11) is 0. The molecule has 0 saturated heterocycles. The molecule has 0 aromatic heterocycles. The van der Waals surface area contributed by atoms with Crippen molar-refractivity contribution in [2.75, 3.05) is 0 Å². The molecule has 3 nitrogen and oxygen atoms in total. The molecular weight excluding hydrogens is 382 g/mol. The van der Waals surface area contributed by atoms with Crippen molar-refractivity contribution in [3.8, 4) is 0 Å². The Balaban J connectivity index is 1.96. The summed E-state index contributed by atoms with van der Waals surface area (Å²) in [4.78, 5) is 11.8. The van der Waals surface area contributed by atoms with Gasteiger partial charge in [-0.25, -0.2) is 0 Å². The van der Waals surface area contributed by atoms with Gasteiger partial charge in [0, 0.05) is 6.04 Å². The first-order chi connectivity index (χ1) is 15.2. The van der Waals surface area contributed by atoms with E-state index in [4.69, 9.17) is 0 Å². The molecule has 3 heteroatoms. The van der Waals surface area contributed by atoms with Crippen LogP contribution >= 0.6 is 0 Å². The van der Waals surface area contributed by atoms with Crippen molar-refractivity contribution in [2.24, 2.45) is 0 Å².